The Bertz CT molecular complexity index is 497. The Labute approximate surface area is 108 Å². The van der Waals surface area contributed by atoms with Crippen LogP contribution < -0.4 is 5.73 Å². The smallest absolute Gasteiger partial charge is 0.109 e. The van der Waals surface area contributed by atoms with Gasteiger partial charge in [0.25, 0.3) is 0 Å². The quantitative estimate of drug-likeness (QED) is 0.871. The van der Waals surface area contributed by atoms with E-state index in [2.05, 4.69) is 21.6 Å². The fraction of sp³-hybridized carbons (Fsp3) is 0.538. The minimum Gasteiger partial charge on any atom is -0.326 e. The highest BCUT2D eigenvalue weighted by Crippen LogP contribution is 2.22. The van der Waals surface area contributed by atoms with E-state index >= 15 is 0 Å². The minimum atomic E-state index is 0.0130. The summed E-state index contributed by atoms with van der Waals surface area (Å²) in [6.45, 7) is 4.18. The number of nitrogens with two attached hydrogens (primary N) is 1. The van der Waals surface area contributed by atoms with Gasteiger partial charge in [0, 0.05) is 43.7 Å². The summed E-state index contributed by atoms with van der Waals surface area (Å²) in [7, 11) is 1.92. The van der Waals surface area contributed by atoms with Crippen LogP contribution in [0.4, 0.5) is 0 Å². The first-order valence-electron chi connectivity index (χ1n) is 6.39. The molecule has 2 heterocycles. The topological polar surface area (TPSA) is 61.7 Å². The Kier molecular flexibility index (Phi) is 3.81. The fourth-order valence-corrected chi connectivity index (χ4v) is 2.32. The highest BCUT2D eigenvalue weighted by Gasteiger charge is 2.21. The van der Waals surface area contributed by atoms with E-state index in [1.54, 1.807) is 4.68 Å². The van der Waals surface area contributed by atoms with Gasteiger partial charge >= 0.3 is 0 Å². The lowest BCUT2D eigenvalue weighted by Crippen LogP contribution is -2.30. The molecule has 0 aromatic carbocycles. The van der Waals surface area contributed by atoms with E-state index in [0.29, 0.717) is 0 Å². The first kappa shape index (κ1) is 12.8. The number of aryl methyl sites for hydroxylation is 2. The van der Waals surface area contributed by atoms with Crippen molar-refractivity contribution in [2.75, 3.05) is 0 Å². The van der Waals surface area contributed by atoms with Gasteiger partial charge in [-0.15, -0.1) is 0 Å². The van der Waals surface area contributed by atoms with Gasteiger partial charge in [-0.05, 0) is 13.3 Å². The molecule has 0 saturated carbocycles. The van der Waals surface area contributed by atoms with Crippen LogP contribution in [0.5, 0.6) is 0 Å². The van der Waals surface area contributed by atoms with Gasteiger partial charge in [0.1, 0.15) is 5.82 Å². The molecule has 98 valence electrons. The number of hydrogen-bond acceptors (Lipinski definition) is 3. The Morgan fingerprint density at radius 2 is 2.22 bits per heavy atom. The van der Waals surface area contributed by atoms with Gasteiger partial charge in [0.05, 0.1) is 12.2 Å². The van der Waals surface area contributed by atoms with Crippen LogP contribution in [0, 0.1) is 0 Å². The highest BCUT2D eigenvalue weighted by atomic mass is 15.2. The summed E-state index contributed by atoms with van der Waals surface area (Å²) in [5.41, 5.74) is 7.28. The molecule has 2 atom stereocenters. The second-order valence-corrected chi connectivity index (χ2v) is 4.75. The molecular weight excluding hydrogens is 226 g/mol. The lowest BCUT2D eigenvalue weighted by Gasteiger charge is -2.23. The average Bonchev–Trinajstić information content (AvgIpc) is 2.90. The molecule has 0 amide bonds. The molecule has 2 aromatic heterocycles. The zero-order valence-corrected chi connectivity index (χ0v) is 11.2. The maximum absolute atomic E-state index is 6.15. The summed E-state index contributed by atoms with van der Waals surface area (Å²) in [5.74, 6) is 1.09. The molecule has 5 heteroatoms. The summed E-state index contributed by atoms with van der Waals surface area (Å²) in [4.78, 5) is 4.42. The second-order valence-electron chi connectivity index (χ2n) is 4.75. The van der Waals surface area contributed by atoms with Gasteiger partial charge in [-0.3, -0.25) is 4.68 Å². The molecule has 0 fully saturated rings. The van der Waals surface area contributed by atoms with E-state index in [0.717, 1.165) is 24.2 Å². The van der Waals surface area contributed by atoms with Gasteiger partial charge in [-0.25, -0.2) is 4.98 Å². The van der Waals surface area contributed by atoms with E-state index in [4.69, 9.17) is 5.73 Å². The normalized spacial score (nSPS) is 14.7. The summed E-state index contributed by atoms with van der Waals surface area (Å²) < 4.78 is 3.98. The molecule has 5 nitrogen and oxygen atoms in total. The maximum Gasteiger partial charge on any atom is 0.109 e. The largest absolute Gasteiger partial charge is 0.326 e. The van der Waals surface area contributed by atoms with Crippen molar-refractivity contribution < 1.29 is 0 Å². The van der Waals surface area contributed by atoms with Crippen molar-refractivity contribution in [3.63, 3.8) is 0 Å². The van der Waals surface area contributed by atoms with Gasteiger partial charge in [-0.2, -0.15) is 5.10 Å². The number of hydrogen-bond donors (Lipinski definition) is 1. The summed E-state index contributed by atoms with van der Waals surface area (Å²) >= 11 is 0. The van der Waals surface area contributed by atoms with Crippen LogP contribution in [-0.4, -0.2) is 25.4 Å². The van der Waals surface area contributed by atoms with Gasteiger partial charge < -0.3 is 10.3 Å². The number of rotatable bonds is 5. The average molecular weight is 247 g/mol. The molecular formula is C13H21N5. The Balaban J connectivity index is 2.38. The third-order valence-corrected chi connectivity index (χ3v) is 3.09. The zero-order valence-electron chi connectivity index (χ0n) is 11.2. The van der Waals surface area contributed by atoms with E-state index in [9.17, 15) is 0 Å². The lowest BCUT2D eigenvalue weighted by atomic mass is 10.0. The van der Waals surface area contributed by atoms with Crippen LogP contribution >= 0.6 is 0 Å². The third-order valence-electron chi connectivity index (χ3n) is 3.09. The van der Waals surface area contributed by atoms with Crippen LogP contribution in [0.25, 0.3) is 0 Å². The van der Waals surface area contributed by atoms with E-state index in [1.807, 2.05) is 38.8 Å². The van der Waals surface area contributed by atoms with Crippen molar-refractivity contribution in [2.45, 2.75) is 38.8 Å². The molecule has 0 spiro atoms. The molecule has 18 heavy (non-hydrogen) atoms. The Morgan fingerprint density at radius 1 is 1.44 bits per heavy atom. The summed E-state index contributed by atoms with van der Waals surface area (Å²) in [6.07, 6.45) is 9.79. The monoisotopic (exact) mass is 247 g/mol. The van der Waals surface area contributed by atoms with Crippen molar-refractivity contribution in [1.82, 2.24) is 19.3 Å². The molecule has 2 unspecified atom stereocenters. The first-order valence-corrected chi connectivity index (χ1v) is 6.39. The highest BCUT2D eigenvalue weighted by molar-refractivity contribution is 5.16. The van der Waals surface area contributed by atoms with Crippen LogP contribution in [-0.2, 0) is 13.5 Å². The fourth-order valence-electron chi connectivity index (χ4n) is 2.32. The molecule has 0 radical (unpaired) electrons. The summed E-state index contributed by atoms with van der Waals surface area (Å²) in [5, 5.41) is 4.23. The molecule has 0 aliphatic heterocycles. The van der Waals surface area contributed by atoms with Gasteiger partial charge in [0.15, 0.2) is 0 Å². The van der Waals surface area contributed by atoms with Gasteiger partial charge in [-0.1, -0.05) is 6.92 Å². The molecule has 0 saturated heterocycles. The number of nitrogens with zero attached hydrogens (tertiary/aromatic N) is 4. The van der Waals surface area contributed by atoms with Crippen LogP contribution in [0.2, 0.25) is 0 Å². The number of aromatic nitrogens is 4. The van der Waals surface area contributed by atoms with Crippen LogP contribution in [0.3, 0.4) is 0 Å². The Hall–Kier alpha value is -1.62. The molecule has 2 rings (SSSR count). The molecule has 0 aliphatic carbocycles. The van der Waals surface area contributed by atoms with Gasteiger partial charge in [0.2, 0.25) is 0 Å². The van der Waals surface area contributed by atoms with Crippen molar-refractivity contribution in [2.24, 2.45) is 12.8 Å². The van der Waals surface area contributed by atoms with Crippen molar-refractivity contribution in [3.05, 3.63) is 36.2 Å². The standard InChI is InChI=1S/C13H21N5/c1-4-5-12-15-6-7-18(12)13(10(2)14)11-8-16-17(3)9-11/h6-10,13H,4-5,14H2,1-3H3. The predicted octanol–water partition coefficient (Wildman–Crippen LogP) is 1.51. The maximum atomic E-state index is 6.15. The van der Waals surface area contributed by atoms with Crippen molar-refractivity contribution >= 4 is 0 Å². The molecule has 2 aromatic rings. The minimum absolute atomic E-state index is 0.0130. The lowest BCUT2D eigenvalue weighted by molar-refractivity contribution is 0.478. The number of imidazole rings is 1. The SMILES string of the molecule is CCCc1nccn1C(c1cnn(C)c1)C(C)N. The van der Waals surface area contributed by atoms with E-state index in [1.165, 1.54) is 0 Å². The predicted molar refractivity (Wildman–Crippen MR) is 71.2 cm³/mol. The van der Waals surface area contributed by atoms with Crippen LogP contribution in [0.1, 0.15) is 37.7 Å². The zero-order chi connectivity index (χ0) is 13.1. The van der Waals surface area contributed by atoms with E-state index in [-0.39, 0.29) is 12.1 Å². The Morgan fingerprint density at radius 3 is 2.78 bits per heavy atom. The van der Waals surface area contributed by atoms with Crippen molar-refractivity contribution in [1.29, 1.82) is 0 Å². The molecule has 2 N–H and O–H groups in total. The molecule has 0 bridgehead atoms. The van der Waals surface area contributed by atoms with E-state index < -0.39 is 0 Å². The first-order chi connectivity index (χ1) is 8.63. The van der Waals surface area contributed by atoms with Crippen molar-refractivity contribution in [3.8, 4) is 0 Å². The molecule has 0 aliphatic rings. The summed E-state index contributed by atoms with van der Waals surface area (Å²) in [6, 6.07) is 0.113. The van der Waals surface area contributed by atoms with Crippen LogP contribution in [0.15, 0.2) is 24.8 Å². The third kappa shape index (κ3) is 2.46. The second kappa shape index (κ2) is 5.35.